The first-order valence-corrected chi connectivity index (χ1v) is 10.5. The van der Waals surface area contributed by atoms with Gasteiger partial charge in [-0.15, -0.1) is 0 Å². The van der Waals surface area contributed by atoms with Gasteiger partial charge in [-0.05, 0) is 68.1 Å². The minimum atomic E-state index is 0.883. The van der Waals surface area contributed by atoms with Crippen molar-refractivity contribution in [2.45, 2.75) is 88.9 Å². The zero-order chi connectivity index (χ0) is 14.5. The summed E-state index contributed by atoms with van der Waals surface area (Å²) in [5, 5.41) is 0. The second-order valence-corrected chi connectivity index (χ2v) is 9.75. The third kappa shape index (κ3) is 4.61. The molecule has 0 aromatic carbocycles. The summed E-state index contributed by atoms with van der Waals surface area (Å²) < 4.78 is 0.883. The van der Waals surface area contributed by atoms with Crippen molar-refractivity contribution in [1.82, 2.24) is 0 Å². The molecule has 2 fully saturated rings. The average molecular weight is 390 g/mol. The summed E-state index contributed by atoms with van der Waals surface area (Å²) in [5.41, 5.74) is 0. The third-order valence-electron chi connectivity index (χ3n) is 6.54. The smallest absolute Gasteiger partial charge is 0.0110 e. The molecule has 2 unspecified atom stereocenters. The predicted octanol–water partition coefficient (Wildman–Crippen LogP) is 6.86. The molecular formula is C19H35I. The molecule has 1 heteroatoms. The fourth-order valence-electron chi connectivity index (χ4n) is 4.93. The van der Waals surface area contributed by atoms with Crippen LogP contribution in [0.1, 0.15) is 85.0 Å². The second kappa shape index (κ2) is 8.39. The molecule has 0 radical (unpaired) electrons. The predicted molar refractivity (Wildman–Crippen MR) is 98.5 cm³/mol. The molecule has 0 aromatic rings. The molecule has 2 atom stereocenters. The Bertz CT molecular complexity index is 257. The Morgan fingerprint density at radius 1 is 0.800 bits per heavy atom. The number of hydrogen-bond donors (Lipinski definition) is 0. The molecule has 0 bridgehead atoms. The van der Waals surface area contributed by atoms with Crippen molar-refractivity contribution >= 4 is 22.6 Å². The molecule has 0 saturated heterocycles. The summed E-state index contributed by atoms with van der Waals surface area (Å²) in [6.07, 6.45) is 15.1. The summed E-state index contributed by atoms with van der Waals surface area (Å²) >= 11 is 2.64. The first-order chi connectivity index (χ1) is 9.61. The van der Waals surface area contributed by atoms with Crippen molar-refractivity contribution in [3.8, 4) is 0 Å². The normalized spacial score (nSPS) is 38.4. The van der Waals surface area contributed by atoms with Crippen LogP contribution in [0.25, 0.3) is 0 Å². The molecule has 2 rings (SSSR count). The van der Waals surface area contributed by atoms with Crippen LogP contribution in [-0.4, -0.2) is 3.92 Å². The Morgan fingerprint density at radius 3 is 1.70 bits per heavy atom. The highest BCUT2D eigenvalue weighted by molar-refractivity contribution is 14.1. The lowest BCUT2D eigenvalue weighted by molar-refractivity contribution is 0.123. The SMILES string of the molecule is CCCC1CCC(C(C)C2CCC(C(C)I)CC2)CC1. The quantitative estimate of drug-likeness (QED) is 0.355. The van der Waals surface area contributed by atoms with Crippen LogP contribution in [0.4, 0.5) is 0 Å². The van der Waals surface area contributed by atoms with Crippen LogP contribution in [0.15, 0.2) is 0 Å². The minimum absolute atomic E-state index is 0.883. The van der Waals surface area contributed by atoms with Gasteiger partial charge in [-0.3, -0.25) is 0 Å². The monoisotopic (exact) mass is 390 g/mol. The van der Waals surface area contributed by atoms with Gasteiger partial charge in [0.25, 0.3) is 0 Å². The van der Waals surface area contributed by atoms with Crippen molar-refractivity contribution in [3.63, 3.8) is 0 Å². The molecule has 0 nitrogen and oxygen atoms in total. The van der Waals surface area contributed by atoms with E-state index in [2.05, 4.69) is 43.4 Å². The van der Waals surface area contributed by atoms with Gasteiger partial charge in [0.15, 0.2) is 0 Å². The van der Waals surface area contributed by atoms with Gasteiger partial charge in [0.05, 0.1) is 0 Å². The van der Waals surface area contributed by atoms with E-state index in [1.54, 1.807) is 0 Å². The van der Waals surface area contributed by atoms with Crippen molar-refractivity contribution < 1.29 is 0 Å². The van der Waals surface area contributed by atoms with Crippen molar-refractivity contribution in [3.05, 3.63) is 0 Å². The highest BCUT2D eigenvalue weighted by Gasteiger charge is 2.32. The molecule has 2 saturated carbocycles. The van der Waals surface area contributed by atoms with E-state index in [1.807, 2.05) is 0 Å². The molecule has 0 amide bonds. The van der Waals surface area contributed by atoms with Gasteiger partial charge in [0, 0.05) is 3.92 Å². The van der Waals surface area contributed by atoms with Gasteiger partial charge in [-0.25, -0.2) is 0 Å². The van der Waals surface area contributed by atoms with Crippen LogP contribution in [0.2, 0.25) is 0 Å². The van der Waals surface area contributed by atoms with Gasteiger partial charge in [0.2, 0.25) is 0 Å². The summed E-state index contributed by atoms with van der Waals surface area (Å²) in [4.78, 5) is 0. The fourth-order valence-corrected chi connectivity index (χ4v) is 5.65. The van der Waals surface area contributed by atoms with Gasteiger partial charge in [-0.2, -0.15) is 0 Å². The van der Waals surface area contributed by atoms with Crippen LogP contribution in [-0.2, 0) is 0 Å². The van der Waals surface area contributed by atoms with E-state index >= 15 is 0 Å². The number of halogens is 1. The molecule has 2 aliphatic rings. The van der Waals surface area contributed by atoms with Crippen molar-refractivity contribution in [2.75, 3.05) is 0 Å². The van der Waals surface area contributed by atoms with Crippen LogP contribution in [0, 0.1) is 29.6 Å². The van der Waals surface area contributed by atoms with E-state index in [0.29, 0.717) is 0 Å². The maximum absolute atomic E-state index is 2.64. The van der Waals surface area contributed by atoms with Crippen LogP contribution in [0.5, 0.6) is 0 Å². The van der Waals surface area contributed by atoms with E-state index < -0.39 is 0 Å². The fraction of sp³-hybridized carbons (Fsp3) is 1.00. The number of hydrogen-bond acceptors (Lipinski definition) is 0. The summed E-state index contributed by atoms with van der Waals surface area (Å²) in [6.45, 7) is 7.34. The molecule has 118 valence electrons. The summed E-state index contributed by atoms with van der Waals surface area (Å²) in [5.74, 6) is 5.19. The van der Waals surface area contributed by atoms with E-state index in [1.165, 1.54) is 64.2 Å². The minimum Gasteiger partial charge on any atom is -0.0826 e. The Morgan fingerprint density at radius 2 is 1.25 bits per heavy atom. The first kappa shape index (κ1) is 17.1. The maximum Gasteiger partial charge on any atom is 0.0110 e. The van der Waals surface area contributed by atoms with E-state index in [0.717, 1.165) is 33.5 Å². The lowest BCUT2D eigenvalue weighted by atomic mass is 9.67. The Hall–Kier alpha value is 0.730. The van der Waals surface area contributed by atoms with Crippen LogP contribution < -0.4 is 0 Å². The molecular weight excluding hydrogens is 355 g/mol. The summed E-state index contributed by atoms with van der Waals surface area (Å²) in [6, 6.07) is 0. The lowest BCUT2D eigenvalue weighted by Gasteiger charge is -2.39. The highest BCUT2D eigenvalue weighted by Crippen LogP contribution is 2.43. The average Bonchev–Trinajstić information content (AvgIpc) is 2.48. The van der Waals surface area contributed by atoms with Crippen molar-refractivity contribution in [2.24, 2.45) is 29.6 Å². The molecule has 20 heavy (non-hydrogen) atoms. The zero-order valence-corrected chi connectivity index (χ0v) is 16.1. The summed E-state index contributed by atoms with van der Waals surface area (Å²) in [7, 11) is 0. The maximum atomic E-state index is 2.64. The van der Waals surface area contributed by atoms with Gasteiger partial charge in [0.1, 0.15) is 0 Å². The Balaban J connectivity index is 1.74. The van der Waals surface area contributed by atoms with E-state index in [9.17, 15) is 0 Å². The molecule has 0 aliphatic heterocycles. The Labute approximate surface area is 141 Å². The van der Waals surface area contributed by atoms with Gasteiger partial charge >= 0.3 is 0 Å². The van der Waals surface area contributed by atoms with Crippen molar-refractivity contribution in [1.29, 1.82) is 0 Å². The van der Waals surface area contributed by atoms with Gasteiger partial charge < -0.3 is 0 Å². The highest BCUT2D eigenvalue weighted by atomic mass is 127. The molecule has 0 aromatic heterocycles. The van der Waals surface area contributed by atoms with Gasteiger partial charge in [-0.1, -0.05) is 69.0 Å². The third-order valence-corrected chi connectivity index (χ3v) is 7.56. The lowest BCUT2D eigenvalue weighted by Crippen LogP contribution is -2.29. The van der Waals surface area contributed by atoms with Crippen LogP contribution in [0.3, 0.4) is 0 Å². The van der Waals surface area contributed by atoms with Crippen LogP contribution >= 0.6 is 22.6 Å². The standard InChI is InChI=1S/C19H35I/c1-4-5-16-6-8-17(9-7-16)14(2)18-10-12-19(13-11-18)15(3)20/h14-19H,4-13H2,1-3H3. The molecule has 0 N–H and O–H groups in total. The first-order valence-electron chi connectivity index (χ1n) is 9.25. The molecule has 0 heterocycles. The molecule has 2 aliphatic carbocycles. The largest absolute Gasteiger partial charge is 0.0826 e. The second-order valence-electron chi connectivity index (χ2n) is 7.78. The molecule has 0 spiro atoms. The topological polar surface area (TPSA) is 0 Å². The number of alkyl halides is 1. The zero-order valence-electron chi connectivity index (χ0n) is 13.9. The Kier molecular flexibility index (Phi) is 7.17. The van der Waals surface area contributed by atoms with E-state index in [-0.39, 0.29) is 0 Å². The number of rotatable bonds is 5. The van der Waals surface area contributed by atoms with E-state index in [4.69, 9.17) is 0 Å².